The number of hydrogen-bond donors (Lipinski definition) is 2. The highest BCUT2D eigenvalue weighted by atomic mass is 127. The molecule has 0 saturated heterocycles. The Bertz CT molecular complexity index is 932. The quantitative estimate of drug-likeness (QED) is 0.620. The van der Waals surface area contributed by atoms with Crippen molar-refractivity contribution in [2.24, 2.45) is 0 Å². The highest BCUT2D eigenvalue weighted by Gasteiger charge is 2.24. The molecule has 2 N–H and O–H groups in total. The maximum Gasteiger partial charge on any atom is 0.335 e. The largest absolute Gasteiger partial charge is 0.478 e. The average Bonchev–Trinajstić information content (AvgIpc) is 3.18. The maximum absolute atomic E-state index is 11.0. The number of rotatable bonds is 3. The van der Waals surface area contributed by atoms with Crippen LogP contribution in [0.1, 0.15) is 15.9 Å². The van der Waals surface area contributed by atoms with Crippen LogP contribution >= 0.6 is 22.6 Å². The fourth-order valence-electron chi connectivity index (χ4n) is 2.98. The number of anilines is 1. The standard InChI is InChI=1S/C18H14IN3O2/c19-15-4-2-1-3-13(15)16-14-9-10-20-17(14)22(21-16)12-7-5-11(6-8-12)18(23)24/h1-8,20H,9-10H2,(H,23,24). The lowest BCUT2D eigenvalue weighted by atomic mass is 10.1. The van der Waals surface area contributed by atoms with Crippen LogP contribution in [-0.4, -0.2) is 27.4 Å². The second kappa shape index (κ2) is 5.94. The molecule has 0 atom stereocenters. The topological polar surface area (TPSA) is 67.1 Å². The number of halogens is 1. The smallest absolute Gasteiger partial charge is 0.335 e. The second-order valence-corrected chi connectivity index (χ2v) is 6.76. The summed E-state index contributed by atoms with van der Waals surface area (Å²) in [6, 6.07) is 15.0. The van der Waals surface area contributed by atoms with E-state index in [1.165, 1.54) is 5.56 Å². The molecular weight excluding hydrogens is 417 g/mol. The van der Waals surface area contributed by atoms with Gasteiger partial charge in [-0.1, -0.05) is 18.2 Å². The van der Waals surface area contributed by atoms with Crippen molar-refractivity contribution in [3.05, 3.63) is 63.2 Å². The fraction of sp³-hybridized carbons (Fsp3) is 0.111. The van der Waals surface area contributed by atoms with Gasteiger partial charge in [-0.2, -0.15) is 5.10 Å². The van der Waals surface area contributed by atoms with E-state index in [0.717, 1.165) is 39.3 Å². The number of hydrogen-bond acceptors (Lipinski definition) is 3. The highest BCUT2D eigenvalue weighted by molar-refractivity contribution is 14.1. The molecule has 5 nitrogen and oxygen atoms in total. The minimum Gasteiger partial charge on any atom is -0.478 e. The van der Waals surface area contributed by atoms with Crippen LogP contribution < -0.4 is 5.32 Å². The number of aromatic carboxylic acids is 1. The zero-order chi connectivity index (χ0) is 16.7. The van der Waals surface area contributed by atoms with E-state index in [9.17, 15) is 4.79 Å². The van der Waals surface area contributed by atoms with Gasteiger partial charge < -0.3 is 10.4 Å². The van der Waals surface area contributed by atoms with E-state index >= 15 is 0 Å². The minimum atomic E-state index is -0.926. The SMILES string of the molecule is O=C(O)c1ccc(-n2nc(-c3ccccc3I)c3c2NCC3)cc1. The van der Waals surface area contributed by atoms with E-state index in [1.54, 1.807) is 24.3 Å². The number of aromatic nitrogens is 2. The molecule has 120 valence electrons. The van der Waals surface area contributed by atoms with Crippen LogP contribution in [0, 0.1) is 3.57 Å². The summed E-state index contributed by atoms with van der Waals surface area (Å²) in [6.07, 6.45) is 0.933. The van der Waals surface area contributed by atoms with Crippen LogP contribution in [0.5, 0.6) is 0 Å². The van der Waals surface area contributed by atoms with Gasteiger partial charge in [0.1, 0.15) is 5.82 Å². The highest BCUT2D eigenvalue weighted by Crippen LogP contribution is 2.36. The summed E-state index contributed by atoms with van der Waals surface area (Å²) in [6.45, 7) is 0.886. The number of carboxylic acids is 1. The van der Waals surface area contributed by atoms with Crippen molar-refractivity contribution in [1.29, 1.82) is 0 Å². The van der Waals surface area contributed by atoms with E-state index in [1.807, 2.05) is 16.8 Å². The first-order valence-electron chi connectivity index (χ1n) is 7.59. The van der Waals surface area contributed by atoms with Crippen molar-refractivity contribution >= 4 is 34.4 Å². The van der Waals surface area contributed by atoms with Gasteiger partial charge in [0, 0.05) is 21.2 Å². The van der Waals surface area contributed by atoms with Crippen LogP contribution in [0.2, 0.25) is 0 Å². The molecule has 0 fully saturated rings. The first-order chi connectivity index (χ1) is 11.6. The lowest BCUT2D eigenvalue weighted by Gasteiger charge is -2.07. The zero-order valence-electron chi connectivity index (χ0n) is 12.7. The summed E-state index contributed by atoms with van der Waals surface area (Å²) in [5.74, 6) is 0.0672. The van der Waals surface area contributed by atoms with Crippen molar-refractivity contribution < 1.29 is 9.90 Å². The number of carboxylic acid groups (broad SMARTS) is 1. The summed E-state index contributed by atoms with van der Waals surface area (Å²) >= 11 is 2.33. The van der Waals surface area contributed by atoms with E-state index in [-0.39, 0.29) is 5.56 Å². The Balaban J connectivity index is 1.85. The molecule has 1 aromatic heterocycles. The van der Waals surface area contributed by atoms with Gasteiger partial charge in [0.25, 0.3) is 0 Å². The van der Waals surface area contributed by atoms with Gasteiger partial charge >= 0.3 is 5.97 Å². The molecule has 0 aliphatic carbocycles. The molecule has 6 heteroatoms. The molecule has 0 radical (unpaired) electrons. The van der Waals surface area contributed by atoms with Crippen molar-refractivity contribution in [3.63, 3.8) is 0 Å². The first-order valence-corrected chi connectivity index (χ1v) is 8.67. The molecule has 0 amide bonds. The van der Waals surface area contributed by atoms with Crippen molar-refractivity contribution in [3.8, 4) is 16.9 Å². The van der Waals surface area contributed by atoms with Gasteiger partial charge in [-0.15, -0.1) is 0 Å². The van der Waals surface area contributed by atoms with Gasteiger partial charge in [-0.3, -0.25) is 0 Å². The third-order valence-corrected chi connectivity index (χ3v) is 5.08. The lowest BCUT2D eigenvalue weighted by molar-refractivity contribution is 0.0697. The number of nitrogens with one attached hydrogen (secondary N) is 1. The van der Waals surface area contributed by atoms with Gasteiger partial charge in [-0.25, -0.2) is 9.48 Å². The Labute approximate surface area is 152 Å². The van der Waals surface area contributed by atoms with Crippen molar-refractivity contribution in [2.75, 3.05) is 11.9 Å². The molecule has 1 aliphatic heterocycles. The fourth-order valence-corrected chi connectivity index (χ4v) is 3.62. The predicted octanol–water partition coefficient (Wildman–Crippen LogP) is 3.81. The molecular formula is C18H14IN3O2. The number of benzene rings is 2. The summed E-state index contributed by atoms with van der Waals surface area (Å²) in [4.78, 5) is 11.0. The van der Waals surface area contributed by atoms with E-state index in [2.05, 4.69) is 40.0 Å². The molecule has 0 saturated carbocycles. The van der Waals surface area contributed by atoms with E-state index < -0.39 is 5.97 Å². The Kier molecular flexibility index (Phi) is 3.76. The summed E-state index contributed by atoms with van der Waals surface area (Å²) < 4.78 is 3.03. The first kappa shape index (κ1) is 15.2. The summed E-state index contributed by atoms with van der Waals surface area (Å²) in [5.41, 5.74) is 4.44. The number of fused-ring (bicyclic) bond motifs is 1. The van der Waals surface area contributed by atoms with Crippen LogP contribution in [-0.2, 0) is 6.42 Å². The summed E-state index contributed by atoms with van der Waals surface area (Å²) in [5, 5.41) is 17.3. The lowest BCUT2D eigenvalue weighted by Crippen LogP contribution is -2.05. The maximum atomic E-state index is 11.0. The minimum absolute atomic E-state index is 0.272. The third-order valence-electron chi connectivity index (χ3n) is 4.14. The molecule has 1 aliphatic rings. The Morgan fingerprint density at radius 1 is 1.17 bits per heavy atom. The molecule has 3 aromatic rings. The number of carbonyl (C=O) groups is 1. The second-order valence-electron chi connectivity index (χ2n) is 5.60. The van der Waals surface area contributed by atoms with Crippen molar-refractivity contribution in [1.82, 2.24) is 9.78 Å². The molecule has 2 heterocycles. The van der Waals surface area contributed by atoms with Gasteiger partial charge in [0.15, 0.2) is 0 Å². The Morgan fingerprint density at radius 2 is 1.92 bits per heavy atom. The van der Waals surface area contributed by atoms with Gasteiger partial charge in [0.2, 0.25) is 0 Å². The predicted molar refractivity (Wildman–Crippen MR) is 101 cm³/mol. The van der Waals surface area contributed by atoms with Crippen LogP contribution in [0.25, 0.3) is 16.9 Å². The van der Waals surface area contributed by atoms with Crippen LogP contribution in [0.15, 0.2) is 48.5 Å². The van der Waals surface area contributed by atoms with Gasteiger partial charge in [0.05, 0.1) is 16.9 Å². The average molecular weight is 431 g/mol. The van der Waals surface area contributed by atoms with E-state index in [4.69, 9.17) is 10.2 Å². The van der Waals surface area contributed by atoms with Crippen molar-refractivity contribution in [2.45, 2.75) is 6.42 Å². The Hall–Kier alpha value is -2.35. The summed E-state index contributed by atoms with van der Waals surface area (Å²) in [7, 11) is 0. The molecule has 2 aromatic carbocycles. The van der Waals surface area contributed by atoms with Gasteiger partial charge in [-0.05, 0) is 59.3 Å². The molecule has 0 unspecified atom stereocenters. The zero-order valence-corrected chi connectivity index (χ0v) is 14.8. The third kappa shape index (κ3) is 2.47. The monoisotopic (exact) mass is 431 g/mol. The molecule has 0 bridgehead atoms. The number of nitrogens with zero attached hydrogens (tertiary/aromatic N) is 2. The normalized spacial score (nSPS) is 12.7. The Morgan fingerprint density at radius 3 is 2.62 bits per heavy atom. The molecule has 0 spiro atoms. The molecule has 4 rings (SSSR count). The molecule has 24 heavy (non-hydrogen) atoms. The van der Waals surface area contributed by atoms with Crippen LogP contribution in [0.3, 0.4) is 0 Å². The van der Waals surface area contributed by atoms with E-state index in [0.29, 0.717) is 0 Å². The van der Waals surface area contributed by atoms with Crippen LogP contribution in [0.4, 0.5) is 5.82 Å².